The van der Waals surface area contributed by atoms with Crippen LogP contribution in [0.4, 0.5) is 0 Å². The van der Waals surface area contributed by atoms with Gasteiger partial charge >= 0.3 is 0 Å². The lowest BCUT2D eigenvalue weighted by atomic mass is 9.92. The molecule has 0 N–H and O–H groups in total. The summed E-state index contributed by atoms with van der Waals surface area (Å²) in [6.07, 6.45) is 9.50. The Balaban J connectivity index is 1.53. The van der Waals surface area contributed by atoms with Crippen molar-refractivity contribution in [2.24, 2.45) is 0 Å². The number of fused-ring (bicyclic) bond motifs is 1. The predicted molar refractivity (Wildman–Crippen MR) is 107 cm³/mol. The zero-order valence-corrected chi connectivity index (χ0v) is 16.4. The van der Waals surface area contributed by atoms with E-state index in [1.165, 1.54) is 5.56 Å². The molecule has 5 heterocycles. The number of aryl methyl sites for hydroxylation is 2. The average Bonchev–Trinajstić information content (AvgIpc) is 3.40. The molecule has 1 aliphatic heterocycles. The van der Waals surface area contributed by atoms with Gasteiger partial charge in [-0.1, -0.05) is 6.07 Å². The number of nitrogens with zero attached hydrogens (tertiary/aromatic N) is 7. The molecule has 0 spiro atoms. The van der Waals surface area contributed by atoms with Crippen LogP contribution in [0.1, 0.15) is 35.8 Å². The highest BCUT2D eigenvalue weighted by molar-refractivity contribution is 5.55. The van der Waals surface area contributed by atoms with E-state index in [9.17, 15) is 0 Å². The highest BCUT2D eigenvalue weighted by Crippen LogP contribution is 2.33. The normalized spacial score (nSPS) is 15.9. The number of hydrogen-bond donors (Lipinski definition) is 0. The quantitative estimate of drug-likeness (QED) is 0.535. The van der Waals surface area contributed by atoms with Crippen molar-refractivity contribution in [3.63, 3.8) is 0 Å². The fourth-order valence-corrected chi connectivity index (χ4v) is 3.81. The second-order valence-corrected chi connectivity index (χ2v) is 7.15. The van der Waals surface area contributed by atoms with E-state index >= 15 is 0 Å². The Hall–Kier alpha value is -3.55. The van der Waals surface area contributed by atoms with Crippen molar-refractivity contribution in [2.75, 3.05) is 7.11 Å². The lowest BCUT2D eigenvalue weighted by molar-refractivity contribution is 0.396. The minimum absolute atomic E-state index is 0.203. The Kier molecular flexibility index (Phi) is 4.31. The molecule has 4 aromatic rings. The molecule has 0 radical (unpaired) electrons. The van der Waals surface area contributed by atoms with E-state index in [0.717, 1.165) is 36.6 Å². The molecule has 4 aromatic heterocycles. The molecule has 0 bridgehead atoms. The van der Waals surface area contributed by atoms with Crippen LogP contribution in [-0.2, 0) is 6.54 Å². The first-order valence-electron chi connectivity index (χ1n) is 9.64. The zero-order chi connectivity index (χ0) is 19.8. The molecule has 146 valence electrons. The van der Waals surface area contributed by atoms with E-state index in [-0.39, 0.29) is 5.92 Å². The minimum Gasteiger partial charge on any atom is -0.479 e. The van der Waals surface area contributed by atoms with Gasteiger partial charge in [0.2, 0.25) is 5.88 Å². The fourth-order valence-electron chi connectivity index (χ4n) is 3.81. The van der Waals surface area contributed by atoms with Crippen LogP contribution in [0, 0.1) is 6.92 Å². The van der Waals surface area contributed by atoms with Crippen LogP contribution >= 0.6 is 0 Å². The second kappa shape index (κ2) is 7.12. The summed E-state index contributed by atoms with van der Waals surface area (Å²) in [7, 11) is 1.61. The van der Waals surface area contributed by atoms with E-state index in [4.69, 9.17) is 14.8 Å². The van der Waals surface area contributed by atoms with E-state index in [0.29, 0.717) is 17.4 Å². The first-order valence-corrected chi connectivity index (χ1v) is 9.64. The number of imidazole rings is 1. The maximum Gasteiger partial charge on any atom is 0.238 e. The number of hydrogen-bond acceptors (Lipinski definition) is 6. The molecule has 8 nitrogen and oxygen atoms in total. The Labute approximate surface area is 168 Å². The SMILES string of the molecule is COc1nc(-c2nc3n(n2)CCC[C@H]3c2cccnc2)ccc1-n1cnc(C)c1. The van der Waals surface area contributed by atoms with Gasteiger partial charge < -0.3 is 9.30 Å². The van der Waals surface area contributed by atoms with Crippen molar-refractivity contribution in [3.05, 3.63) is 66.3 Å². The van der Waals surface area contributed by atoms with Crippen molar-refractivity contribution in [1.82, 2.24) is 34.3 Å². The van der Waals surface area contributed by atoms with Gasteiger partial charge in [0, 0.05) is 31.1 Å². The van der Waals surface area contributed by atoms with Gasteiger partial charge in [0.1, 0.15) is 17.2 Å². The van der Waals surface area contributed by atoms with Gasteiger partial charge in [-0.25, -0.2) is 19.6 Å². The van der Waals surface area contributed by atoms with Crippen LogP contribution in [0.15, 0.2) is 49.2 Å². The van der Waals surface area contributed by atoms with E-state index in [1.54, 1.807) is 19.6 Å². The molecule has 0 aromatic carbocycles. The monoisotopic (exact) mass is 387 g/mol. The van der Waals surface area contributed by atoms with Crippen molar-refractivity contribution >= 4 is 0 Å². The zero-order valence-electron chi connectivity index (χ0n) is 16.4. The van der Waals surface area contributed by atoms with Crippen LogP contribution in [0.3, 0.4) is 0 Å². The molecule has 0 saturated carbocycles. The third kappa shape index (κ3) is 3.16. The lowest BCUT2D eigenvalue weighted by Gasteiger charge is -2.21. The topological polar surface area (TPSA) is 83.5 Å². The molecule has 0 fully saturated rings. The van der Waals surface area contributed by atoms with Crippen LogP contribution in [0.2, 0.25) is 0 Å². The number of pyridine rings is 2. The number of methoxy groups -OCH3 is 1. The molecule has 0 saturated heterocycles. The summed E-state index contributed by atoms with van der Waals surface area (Å²) in [4.78, 5) is 18.1. The van der Waals surface area contributed by atoms with Crippen LogP contribution in [0.25, 0.3) is 17.2 Å². The highest BCUT2D eigenvalue weighted by Gasteiger charge is 2.26. The van der Waals surface area contributed by atoms with Crippen molar-refractivity contribution < 1.29 is 4.74 Å². The molecule has 0 amide bonds. The maximum atomic E-state index is 5.53. The smallest absolute Gasteiger partial charge is 0.238 e. The summed E-state index contributed by atoms with van der Waals surface area (Å²) in [5.74, 6) is 2.29. The largest absolute Gasteiger partial charge is 0.479 e. The van der Waals surface area contributed by atoms with Gasteiger partial charge in [-0.3, -0.25) is 4.98 Å². The summed E-state index contributed by atoms with van der Waals surface area (Å²) in [5.41, 5.74) is 3.62. The Morgan fingerprint density at radius 3 is 2.86 bits per heavy atom. The van der Waals surface area contributed by atoms with Crippen LogP contribution in [-0.4, -0.2) is 41.4 Å². The first-order chi connectivity index (χ1) is 14.2. The molecular formula is C21H21N7O. The van der Waals surface area contributed by atoms with Gasteiger partial charge in [0.15, 0.2) is 5.82 Å². The molecule has 0 aliphatic carbocycles. The summed E-state index contributed by atoms with van der Waals surface area (Å²) in [6, 6.07) is 7.95. The highest BCUT2D eigenvalue weighted by atomic mass is 16.5. The Morgan fingerprint density at radius 2 is 2.10 bits per heavy atom. The molecule has 0 unspecified atom stereocenters. The van der Waals surface area contributed by atoms with Gasteiger partial charge in [-0.15, -0.1) is 5.10 Å². The Bertz CT molecular complexity index is 1150. The molecular weight excluding hydrogens is 366 g/mol. The molecule has 1 aliphatic rings. The fraction of sp³-hybridized carbons (Fsp3) is 0.286. The summed E-state index contributed by atoms with van der Waals surface area (Å²) in [5, 5.41) is 4.73. The van der Waals surface area contributed by atoms with Crippen molar-refractivity contribution in [3.8, 4) is 23.1 Å². The van der Waals surface area contributed by atoms with E-state index in [2.05, 4.69) is 21.0 Å². The van der Waals surface area contributed by atoms with Gasteiger partial charge in [-0.2, -0.15) is 0 Å². The van der Waals surface area contributed by atoms with Gasteiger partial charge in [-0.05, 0) is 43.5 Å². The van der Waals surface area contributed by atoms with E-state index in [1.807, 2.05) is 46.8 Å². The first kappa shape index (κ1) is 17.5. The summed E-state index contributed by atoms with van der Waals surface area (Å²) in [6.45, 7) is 2.81. The standard InChI is InChI=1S/C21H21N7O/c1-14-12-27(13-23-14)18-8-7-17(24-21(18)29-2)19-25-20-16(6-4-10-28(20)26-19)15-5-3-9-22-11-15/h3,5,7-9,11-13,16H,4,6,10H2,1-2H3/t16-/m0/s1. The lowest BCUT2D eigenvalue weighted by Crippen LogP contribution is -2.18. The van der Waals surface area contributed by atoms with Crippen molar-refractivity contribution in [1.29, 1.82) is 0 Å². The molecule has 5 rings (SSSR count). The third-order valence-corrected chi connectivity index (χ3v) is 5.21. The van der Waals surface area contributed by atoms with Crippen molar-refractivity contribution in [2.45, 2.75) is 32.2 Å². The molecule has 8 heteroatoms. The summed E-state index contributed by atoms with van der Waals surface area (Å²) < 4.78 is 9.43. The van der Waals surface area contributed by atoms with Gasteiger partial charge in [0.05, 0.1) is 19.1 Å². The minimum atomic E-state index is 0.203. The number of rotatable bonds is 4. The summed E-state index contributed by atoms with van der Waals surface area (Å²) >= 11 is 0. The van der Waals surface area contributed by atoms with E-state index < -0.39 is 0 Å². The maximum absolute atomic E-state index is 5.53. The molecule has 1 atom stereocenters. The number of ether oxygens (including phenoxy) is 1. The number of aromatic nitrogens is 7. The second-order valence-electron chi connectivity index (χ2n) is 7.15. The predicted octanol–water partition coefficient (Wildman–Crippen LogP) is 3.16. The average molecular weight is 387 g/mol. The van der Waals surface area contributed by atoms with Gasteiger partial charge in [0.25, 0.3) is 0 Å². The Morgan fingerprint density at radius 1 is 1.17 bits per heavy atom. The van der Waals surface area contributed by atoms with Crippen LogP contribution in [0.5, 0.6) is 5.88 Å². The van der Waals surface area contributed by atoms with Crippen LogP contribution < -0.4 is 4.74 Å². The molecule has 29 heavy (non-hydrogen) atoms. The third-order valence-electron chi connectivity index (χ3n) is 5.21.